The van der Waals surface area contributed by atoms with Crippen molar-refractivity contribution in [1.29, 1.82) is 0 Å². The molecule has 1 heterocycles. The zero-order valence-corrected chi connectivity index (χ0v) is 15.8. The van der Waals surface area contributed by atoms with Gasteiger partial charge in [-0.3, -0.25) is 4.72 Å². The van der Waals surface area contributed by atoms with E-state index in [0.717, 1.165) is 17.0 Å². The summed E-state index contributed by atoms with van der Waals surface area (Å²) in [6.45, 7) is 2.40. The van der Waals surface area contributed by atoms with E-state index < -0.39 is 0 Å². The van der Waals surface area contributed by atoms with E-state index in [2.05, 4.69) is 64.4 Å². The minimum atomic E-state index is -0.231. The molecule has 3 nitrogen and oxygen atoms in total. The molecule has 1 aliphatic heterocycles. The number of rotatable bonds is 4. The first-order chi connectivity index (χ1) is 13.2. The van der Waals surface area contributed by atoms with Gasteiger partial charge in [0.15, 0.2) is 0 Å². The second-order valence-electron chi connectivity index (χ2n) is 6.54. The monoisotopic (exact) mass is 377 g/mol. The highest BCUT2D eigenvalue weighted by Gasteiger charge is 2.17. The minimum Gasteiger partial charge on any atom is -0.324 e. The largest absolute Gasteiger partial charge is 0.324 e. The van der Waals surface area contributed by atoms with E-state index in [9.17, 15) is 4.39 Å². The zero-order chi connectivity index (χ0) is 18.6. The lowest BCUT2D eigenvalue weighted by Crippen LogP contribution is -2.30. The molecule has 2 N–H and O–H groups in total. The highest BCUT2D eigenvalue weighted by Crippen LogP contribution is 2.33. The number of fused-ring (bicyclic) bond motifs is 1. The molecule has 3 aromatic carbocycles. The summed E-state index contributed by atoms with van der Waals surface area (Å²) in [6.07, 6.45) is 0.846. The van der Waals surface area contributed by atoms with Crippen molar-refractivity contribution in [3.8, 4) is 0 Å². The number of hydrogen-bond acceptors (Lipinski definition) is 2. The smallest absolute Gasteiger partial charge is 0.206 e. The Bertz CT molecular complexity index is 1000. The summed E-state index contributed by atoms with van der Waals surface area (Å²) in [6, 6.07) is 21.6. The Kier molecular flexibility index (Phi) is 5.12. The molecule has 0 saturated carbocycles. The van der Waals surface area contributed by atoms with Gasteiger partial charge in [-0.2, -0.15) is 0 Å². The van der Waals surface area contributed by atoms with Gasteiger partial charge < -0.3 is 5.32 Å². The van der Waals surface area contributed by atoms with Gasteiger partial charge in [0.1, 0.15) is 5.82 Å². The van der Waals surface area contributed by atoms with Crippen LogP contribution in [0.5, 0.6) is 0 Å². The molecule has 0 aliphatic carbocycles. The fourth-order valence-corrected chi connectivity index (χ4v) is 3.86. The van der Waals surface area contributed by atoms with E-state index in [1.165, 1.54) is 34.7 Å². The Morgan fingerprint density at radius 1 is 0.963 bits per heavy atom. The predicted octanol–water partition coefficient (Wildman–Crippen LogP) is 5.30. The van der Waals surface area contributed by atoms with Crippen molar-refractivity contribution in [3.05, 3.63) is 94.8 Å². The molecule has 4 rings (SSSR count). The molecule has 0 saturated heterocycles. The summed E-state index contributed by atoms with van der Waals surface area (Å²) in [4.78, 5) is 5.64. The summed E-state index contributed by atoms with van der Waals surface area (Å²) < 4.78 is 17.0. The van der Waals surface area contributed by atoms with Crippen LogP contribution in [0.3, 0.4) is 0 Å². The van der Waals surface area contributed by atoms with Crippen molar-refractivity contribution >= 4 is 23.6 Å². The Hall–Kier alpha value is -2.79. The molecule has 0 amide bonds. The minimum absolute atomic E-state index is 0.231. The third kappa shape index (κ3) is 4.14. The molecule has 0 bridgehead atoms. The van der Waals surface area contributed by atoms with Crippen LogP contribution in [0.2, 0.25) is 0 Å². The van der Waals surface area contributed by atoms with Crippen molar-refractivity contribution in [3.63, 3.8) is 0 Å². The summed E-state index contributed by atoms with van der Waals surface area (Å²) in [5.74, 6) is 0.415. The Morgan fingerprint density at radius 3 is 2.63 bits per heavy atom. The molecule has 0 unspecified atom stereocenters. The SMILES string of the molecule is Cc1cccc(Cc2cccc3c2NC(=NCc2ccccc2F)NS3)c1. The maximum absolute atomic E-state index is 13.8. The normalized spacial score (nSPS) is 14.4. The number of benzene rings is 3. The van der Waals surface area contributed by atoms with Crippen LogP contribution in [0.4, 0.5) is 10.1 Å². The molecule has 0 fully saturated rings. The number of nitrogens with zero attached hydrogens (tertiary/aromatic N) is 1. The maximum Gasteiger partial charge on any atom is 0.206 e. The van der Waals surface area contributed by atoms with E-state index in [-0.39, 0.29) is 12.4 Å². The van der Waals surface area contributed by atoms with Crippen LogP contribution in [0, 0.1) is 12.7 Å². The third-order valence-corrected chi connectivity index (χ3v) is 5.31. The molecular weight excluding hydrogens is 357 g/mol. The van der Waals surface area contributed by atoms with Gasteiger partial charge in [0.05, 0.1) is 17.1 Å². The van der Waals surface area contributed by atoms with Crippen LogP contribution >= 0.6 is 11.9 Å². The lowest BCUT2D eigenvalue weighted by molar-refractivity contribution is 0.611. The summed E-state index contributed by atoms with van der Waals surface area (Å²) in [5.41, 5.74) is 5.39. The molecule has 27 heavy (non-hydrogen) atoms. The van der Waals surface area contributed by atoms with Gasteiger partial charge in [0.25, 0.3) is 0 Å². The van der Waals surface area contributed by atoms with E-state index in [1.807, 2.05) is 6.07 Å². The van der Waals surface area contributed by atoms with E-state index in [4.69, 9.17) is 0 Å². The number of hydrogen-bond donors (Lipinski definition) is 2. The number of nitrogens with one attached hydrogen (secondary N) is 2. The molecule has 1 aliphatic rings. The number of aryl methyl sites for hydroxylation is 1. The van der Waals surface area contributed by atoms with Gasteiger partial charge in [-0.05, 0) is 48.6 Å². The molecule has 3 aromatic rings. The van der Waals surface area contributed by atoms with Crippen molar-refractivity contribution in [2.45, 2.75) is 24.8 Å². The van der Waals surface area contributed by atoms with Crippen LogP contribution in [-0.2, 0) is 13.0 Å². The fraction of sp³-hybridized carbons (Fsp3) is 0.136. The average molecular weight is 377 g/mol. The molecular formula is C22H20FN3S. The van der Waals surface area contributed by atoms with Crippen LogP contribution < -0.4 is 10.0 Å². The maximum atomic E-state index is 13.8. The topological polar surface area (TPSA) is 36.4 Å². The number of anilines is 1. The number of halogens is 1. The molecule has 0 atom stereocenters. The highest BCUT2D eigenvalue weighted by atomic mass is 32.2. The average Bonchev–Trinajstić information content (AvgIpc) is 2.68. The van der Waals surface area contributed by atoms with Crippen molar-refractivity contribution < 1.29 is 4.39 Å². The number of aliphatic imine (C=N–C) groups is 1. The van der Waals surface area contributed by atoms with E-state index in [0.29, 0.717) is 11.5 Å². The van der Waals surface area contributed by atoms with Gasteiger partial charge >= 0.3 is 0 Å². The van der Waals surface area contributed by atoms with Crippen LogP contribution in [0.25, 0.3) is 0 Å². The second kappa shape index (κ2) is 7.84. The van der Waals surface area contributed by atoms with Crippen molar-refractivity contribution in [2.75, 3.05) is 5.32 Å². The first-order valence-electron chi connectivity index (χ1n) is 8.84. The summed E-state index contributed by atoms with van der Waals surface area (Å²) in [7, 11) is 0. The van der Waals surface area contributed by atoms with Crippen molar-refractivity contribution in [2.24, 2.45) is 4.99 Å². The fourth-order valence-electron chi connectivity index (χ4n) is 3.10. The summed E-state index contributed by atoms with van der Waals surface area (Å²) in [5, 5.41) is 3.39. The lowest BCUT2D eigenvalue weighted by Gasteiger charge is -2.23. The molecule has 136 valence electrons. The number of guanidine groups is 1. The lowest BCUT2D eigenvalue weighted by atomic mass is 10.0. The summed E-state index contributed by atoms with van der Waals surface area (Å²) >= 11 is 1.53. The van der Waals surface area contributed by atoms with E-state index >= 15 is 0 Å². The van der Waals surface area contributed by atoms with Gasteiger partial charge in [0, 0.05) is 5.56 Å². The Labute approximate surface area is 162 Å². The predicted molar refractivity (Wildman–Crippen MR) is 111 cm³/mol. The Morgan fingerprint density at radius 2 is 1.78 bits per heavy atom. The van der Waals surface area contributed by atoms with Gasteiger partial charge in [-0.15, -0.1) is 0 Å². The number of para-hydroxylation sites is 1. The van der Waals surface area contributed by atoms with Crippen LogP contribution in [0.15, 0.2) is 76.6 Å². The quantitative estimate of drug-likeness (QED) is 0.606. The Balaban J connectivity index is 1.56. The molecule has 5 heteroatoms. The third-order valence-electron chi connectivity index (χ3n) is 4.46. The highest BCUT2D eigenvalue weighted by molar-refractivity contribution is 7.98. The second-order valence-corrected chi connectivity index (χ2v) is 7.39. The zero-order valence-electron chi connectivity index (χ0n) is 15.0. The van der Waals surface area contributed by atoms with Crippen molar-refractivity contribution in [1.82, 2.24) is 4.72 Å². The first kappa shape index (κ1) is 17.6. The van der Waals surface area contributed by atoms with Gasteiger partial charge in [-0.1, -0.05) is 60.2 Å². The van der Waals surface area contributed by atoms with Crippen LogP contribution in [0.1, 0.15) is 22.3 Å². The first-order valence-corrected chi connectivity index (χ1v) is 9.66. The molecule has 0 aromatic heterocycles. The van der Waals surface area contributed by atoms with E-state index in [1.54, 1.807) is 12.1 Å². The van der Waals surface area contributed by atoms with Gasteiger partial charge in [0.2, 0.25) is 5.96 Å². The van der Waals surface area contributed by atoms with Gasteiger partial charge in [-0.25, -0.2) is 9.38 Å². The van der Waals surface area contributed by atoms with Crippen LogP contribution in [-0.4, -0.2) is 5.96 Å². The molecule has 0 spiro atoms. The molecule has 0 radical (unpaired) electrons. The standard InChI is InChI=1S/C22H20FN3S/c1-15-6-4-7-16(12-15)13-17-9-5-11-20-21(17)25-22(26-27-20)24-14-18-8-2-3-10-19(18)23/h2-12H,13-14H2,1H3,(H2,24,25,26).